The standard InChI is InChI=1S/C22H34F2N2O3/c1-3-26(4-2)13-5-6-14-28-18-9-7-17(8-10-18)16-25-22(27)29-19-11-12-20(23)21(24)15-19/h11-12,15,17-18H,3-10,13-14,16H2,1-2H3,(H,25,27). The summed E-state index contributed by atoms with van der Waals surface area (Å²) in [5, 5.41) is 2.71. The molecule has 7 heteroatoms. The maximum Gasteiger partial charge on any atom is 0.412 e. The zero-order chi connectivity index (χ0) is 21.1. The molecule has 0 heterocycles. The van der Waals surface area contributed by atoms with Crippen molar-refractivity contribution in [3.8, 4) is 5.75 Å². The summed E-state index contributed by atoms with van der Waals surface area (Å²) in [4.78, 5) is 14.3. The van der Waals surface area contributed by atoms with Gasteiger partial charge in [0.2, 0.25) is 0 Å². The van der Waals surface area contributed by atoms with E-state index in [0.29, 0.717) is 18.6 Å². The van der Waals surface area contributed by atoms with Crippen LogP contribution in [0.3, 0.4) is 0 Å². The Labute approximate surface area is 172 Å². The van der Waals surface area contributed by atoms with Crippen LogP contribution in [-0.4, -0.2) is 49.9 Å². The molecule has 1 saturated carbocycles. The molecule has 0 unspecified atom stereocenters. The molecular formula is C22H34F2N2O3. The highest BCUT2D eigenvalue weighted by atomic mass is 19.2. The molecule has 0 radical (unpaired) electrons. The summed E-state index contributed by atoms with van der Waals surface area (Å²) >= 11 is 0. The van der Waals surface area contributed by atoms with E-state index < -0.39 is 17.7 Å². The summed E-state index contributed by atoms with van der Waals surface area (Å²) in [5.41, 5.74) is 0. The second-order valence-electron chi connectivity index (χ2n) is 7.59. The number of unbranched alkanes of at least 4 members (excludes halogenated alkanes) is 1. The maximum absolute atomic E-state index is 13.1. The van der Waals surface area contributed by atoms with Gasteiger partial charge in [-0.25, -0.2) is 13.6 Å². The molecule has 1 aromatic rings. The van der Waals surface area contributed by atoms with Gasteiger partial charge in [0.1, 0.15) is 5.75 Å². The fraction of sp³-hybridized carbons (Fsp3) is 0.682. The first-order chi connectivity index (χ1) is 14.0. The first-order valence-electron chi connectivity index (χ1n) is 10.8. The lowest BCUT2D eigenvalue weighted by Gasteiger charge is -2.28. The maximum atomic E-state index is 13.1. The molecule has 1 aliphatic rings. The first-order valence-corrected chi connectivity index (χ1v) is 10.8. The fourth-order valence-electron chi connectivity index (χ4n) is 3.64. The molecule has 1 amide bonds. The number of nitrogens with one attached hydrogen (secondary N) is 1. The van der Waals surface area contributed by atoms with Gasteiger partial charge in [-0.3, -0.25) is 0 Å². The number of nitrogens with zero attached hydrogens (tertiary/aromatic N) is 1. The Morgan fingerprint density at radius 2 is 1.83 bits per heavy atom. The molecule has 1 fully saturated rings. The van der Waals surface area contributed by atoms with Crippen molar-refractivity contribution < 1.29 is 23.0 Å². The Kier molecular flexibility index (Phi) is 10.4. The summed E-state index contributed by atoms with van der Waals surface area (Å²) in [7, 11) is 0. The Morgan fingerprint density at radius 3 is 2.48 bits per heavy atom. The summed E-state index contributed by atoms with van der Waals surface area (Å²) in [6, 6.07) is 3.02. The summed E-state index contributed by atoms with van der Waals surface area (Å²) in [5.74, 6) is -1.64. The zero-order valence-electron chi connectivity index (χ0n) is 17.6. The first kappa shape index (κ1) is 23.5. The Morgan fingerprint density at radius 1 is 1.10 bits per heavy atom. The van der Waals surface area contributed by atoms with Crippen LogP contribution in [-0.2, 0) is 4.74 Å². The van der Waals surface area contributed by atoms with Crippen LogP contribution in [0.25, 0.3) is 0 Å². The number of carbonyl (C=O) groups is 1. The van der Waals surface area contributed by atoms with Gasteiger partial charge >= 0.3 is 6.09 Å². The fourth-order valence-corrected chi connectivity index (χ4v) is 3.64. The number of rotatable bonds is 11. The third-order valence-electron chi connectivity index (χ3n) is 5.55. The average Bonchev–Trinajstić information content (AvgIpc) is 2.73. The largest absolute Gasteiger partial charge is 0.412 e. The van der Waals surface area contributed by atoms with E-state index in [-0.39, 0.29) is 5.75 Å². The minimum atomic E-state index is -1.04. The van der Waals surface area contributed by atoms with Gasteiger partial charge in [0.15, 0.2) is 11.6 Å². The molecule has 0 aliphatic heterocycles. The number of ether oxygens (including phenoxy) is 2. The van der Waals surface area contributed by atoms with Crippen molar-refractivity contribution in [1.29, 1.82) is 0 Å². The van der Waals surface area contributed by atoms with Crippen molar-refractivity contribution >= 4 is 6.09 Å². The number of amides is 1. The van der Waals surface area contributed by atoms with E-state index in [4.69, 9.17) is 9.47 Å². The highest BCUT2D eigenvalue weighted by Crippen LogP contribution is 2.26. The average molecular weight is 413 g/mol. The van der Waals surface area contributed by atoms with E-state index in [1.807, 2.05) is 0 Å². The Bertz CT molecular complexity index is 618. The van der Waals surface area contributed by atoms with Crippen molar-refractivity contribution in [2.75, 3.05) is 32.8 Å². The zero-order valence-corrected chi connectivity index (χ0v) is 17.6. The number of hydrogen-bond donors (Lipinski definition) is 1. The van der Waals surface area contributed by atoms with Crippen molar-refractivity contribution in [3.63, 3.8) is 0 Å². The topological polar surface area (TPSA) is 50.8 Å². The van der Waals surface area contributed by atoms with Gasteiger partial charge in [0, 0.05) is 19.2 Å². The van der Waals surface area contributed by atoms with E-state index in [2.05, 4.69) is 24.1 Å². The number of hydrogen-bond acceptors (Lipinski definition) is 4. The van der Waals surface area contributed by atoms with Crippen LogP contribution in [0, 0.1) is 17.6 Å². The molecular weight excluding hydrogens is 378 g/mol. The molecule has 0 saturated heterocycles. The highest BCUT2D eigenvalue weighted by molar-refractivity contribution is 5.70. The molecule has 0 bridgehead atoms. The molecule has 1 aromatic carbocycles. The Hall–Kier alpha value is -1.73. The van der Waals surface area contributed by atoms with Crippen LogP contribution in [0.4, 0.5) is 13.6 Å². The third kappa shape index (κ3) is 8.66. The third-order valence-corrected chi connectivity index (χ3v) is 5.55. The van der Waals surface area contributed by atoms with Crippen LogP contribution in [0.15, 0.2) is 18.2 Å². The van der Waals surface area contributed by atoms with Crippen molar-refractivity contribution in [2.45, 2.75) is 58.5 Å². The SMILES string of the molecule is CCN(CC)CCCCOC1CCC(CNC(=O)Oc2ccc(F)c(F)c2)CC1. The van der Waals surface area contributed by atoms with E-state index >= 15 is 0 Å². The molecule has 0 aromatic heterocycles. The molecule has 29 heavy (non-hydrogen) atoms. The molecule has 5 nitrogen and oxygen atoms in total. The monoisotopic (exact) mass is 412 g/mol. The van der Waals surface area contributed by atoms with Gasteiger partial charge in [-0.2, -0.15) is 0 Å². The lowest BCUT2D eigenvalue weighted by molar-refractivity contribution is 0.0158. The molecule has 164 valence electrons. The lowest BCUT2D eigenvalue weighted by atomic mass is 9.87. The van der Waals surface area contributed by atoms with E-state index in [9.17, 15) is 13.6 Å². The molecule has 1 aliphatic carbocycles. The van der Waals surface area contributed by atoms with Gasteiger partial charge in [0.25, 0.3) is 0 Å². The van der Waals surface area contributed by atoms with E-state index in [1.54, 1.807) is 0 Å². The smallest absolute Gasteiger partial charge is 0.410 e. The predicted molar refractivity (Wildman–Crippen MR) is 109 cm³/mol. The molecule has 0 spiro atoms. The summed E-state index contributed by atoms with van der Waals surface area (Å²) < 4.78 is 37.0. The van der Waals surface area contributed by atoms with Gasteiger partial charge in [0.05, 0.1) is 6.10 Å². The Balaban J connectivity index is 1.55. The number of halogens is 2. The predicted octanol–water partition coefficient (Wildman–Crippen LogP) is 4.75. The highest BCUT2D eigenvalue weighted by Gasteiger charge is 2.22. The van der Waals surface area contributed by atoms with Crippen molar-refractivity contribution in [2.24, 2.45) is 5.92 Å². The molecule has 2 rings (SSSR count). The van der Waals surface area contributed by atoms with Crippen LogP contribution in [0.2, 0.25) is 0 Å². The number of carbonyl (C=O) groups excluding carboxylic acids is 1. The van der Waals surface area contributed by atoms with Crippen LogP contribution < -0.4 is 10.1 Å². The number of benzene rings is 1. The van der Waals surface area contributed by atoms with Crippen LogP contribution >= 0.6 is 0 Å². The van der Waals surface area contributed by atoms with Gasteiger partial charge in [-0.1, -0.05) is 13.8 Å². The summed E-state index contributed by atoms with van der Waals surface area (Å²) in [6.07, 6.45) is 5.91. The quantitative estimate of drug-likeness (QED) is 0.533. The van der Waals surface area contributed by atoms with Crippen molar-refractivity contribution in [3.05, 3.63) is 29.8 Å². The van der Waals surface area contributed by atoms with Crippen LogP contribution in [0.5, 0.6) is 5.75 Å². The minimum absolute atomic E-state index is 0.0143. The lowest BCUT2D eigenvalue weighted by Crippen LogP contribution is -2.34. The molecule has 0 atom stereocenters. The molecule has 1 N–H and O–H groups in total. The van der Waals surface area contributed by atoms with Gasteiger partial charge < -0.3 is 19.7 Å². The normalized spacial score (nSPS) is 19.3. The summed E-state index contributed by atoms with van der Waals surface area (Å²) in [6.45, 7) is 9.04. The van der Waals surface area contributed by atoms with Gasteiger partial charge in [-0.15, -0.1) is 0 Å². The van der Waals surface area contributed by atoms with E-state index in [0.717, 1.165) is 70.5 Å². The van der Waals surface area contributed by atoms with Crippen LogP contribution in [0.1, 0.15) is 52.4 Å². The second-order valence-corrected chi connectivity index (χ2v) is 7.59. The minimum Gasteiger partial charge on any atom is -0.410 e. The van der Waals surface area contributed by atoms with E-state index in [1.165, 1.54) is 12.5 Å². The van der Waals surface area contributed by atoms with Crippen molar-refractivity contribution in [1.82, 2.24) is 10.2 Å². The van der Waals surface area contributed by atoms with Gasteiger partial charge in [-0.05, 0) is 76.2 Å². The second kappa shape index (κ2) is 12.8.